The highest BCUT2D eigenvalue weighted by atomic mass is 35.5. The smallest absolute Gasteiger partial charge is 0.252 e. The maximum atomic E-state index is 12.6. The Kier molecular flexibility index (Phi) is 7.05. The molecule has 1 fully saturated rings. The summed E-state index contributed by atoms with van der Waals surface area (Å²) in [7, 11) is -3.45. The topological polar surface area (TPSA) is 69.7 Å². The molecule has 29 heavy (non-hydrogen) atoms. The van der Waals surface area contributed by atoms with E-state index in [1.54, 1.807) is 6.07 Å². The number of amides is 1. The van der Waals surface area contributed by atoms with Crippen molar-refractivity contribution < 1.29 is 13.2 Å². The molecule has 1 aliphatic heterocycles. The molecular weight excluding hydrogens is 433 g/mol. The number of nitrogens with zero attached hydrogens (tertiary/aromatic N) is 2. The molecule has 1 saturated heterocycles. The number of aryl methyl sites for hydroxylation is 1. The second kappa shape index (κ2) is 9.34. The van der Waals surface area contributed by atoms with Crippen molar-refractivity contribution in [2.45, 2.75) is 6.92 Å². The van der Waals surface area contributed by atoms with E-state index in [1.807, 2.05) is 25.1 Å². The van der Waals surface area contributed by atoms with Crippen LogP contribution in [0.15, 0.2) is 42.5 Å². The first-order chi connectivity index (χ1) is 13.8. The number of rotatable bonds is 6. The molecule has 2 aromatic carbocycles. The average molecular weight is 456 g/mol. The zero-order valence-corrected chi connectivity index (χ0v) is 18.4. The predicted octanol–water partition coefficient (Wildman–Crippen LogP) is 3.18. The van der Waals surface area contributed by atoms with E-state index in [0.29, 0.717) is 31.2 Å². The lowest BCUT2D eigenvalue weighted by molar-refractivity contribution is 0.0956. The third-order valence-corrected chi connectivity index (χ3v) is 7.24. The number of sulfonamides is 1. The molecule has 1 aliphatic rings. The van der Waals surface area contributed by atoms with Gasteiger partial charge in [-0.1, -0.05) is 35.3 Å². The van der Waals surface area contributed by atoms with E-state index in [0.717, 1.165) is 5.69 Å². The monoisotopic (exact) mass is 455 g/mol. The van der Waals surface area contributed by atoms with Crippen LogP contribution in [-0.4, -0.2) is 57.1 Å². The summed E-state index contributed by atoms with van der Waals surface area (Å²) in [5, 5.41) is 3.27. The van der Waals surface area contributed by atoms with E-state index in [4.69, 9.17) is 23.2 Å². The Hall–Kier alpha value is -1.80. The third-order valence-electron chi connectivity index (χ3n) is 4.82. The highest BCUT2D eigenvalue weighted by molar-refractivity contribution is 7.89. The number of halogens is 2. The predicted molar refractivity (Wildman–Crippen MR) is 118 cm³/mol. The van der Waals surface area contributed by atoms with E-state index < -0.39 is 15.9 Å². The largest absolute Gasteiger partial charge is 0.369 e. The van der Waals surface area contributed by atoms with Gasteiger partial charge in [0, 0.05) is 43.4 Å². The molecule has 9 heteroatoms. The van der Waals surface area contributed by atoms with Crippen LogP contribution >= 0.6 is 23.2 Å². The molecular formula is C20H23Cl2N3O3S. The Morgan fingerprint density at radius 2 is 1.79 bits per heavy atom. The minimum Gasteiger partial charge on any atom is -0.369 e. The molecule has 0 unspecified atom stereocenters. The van der Waals surface area contributed by atoms with Crippen LogP contribution < -0.4 is 10.2 Å². The summed E-state index contributed by atoms with van der Waals surface area (Å²) in [6.45, 7) is 4.17. The fraction of sp³-hybridized carbons (Fsp3) is 0.350. The number of hydrogen-bond acceptors (Lipinski definition) is 4. The molecule has 0 saturated carbocycles. The van der Waals surface area contributed by atoms with E-state index in [1.165, 1.54) is 22.0 Å². The zero-order valence-electron chi connectivity index (χ0n) is 16.1. The van der Waals surface area contributed by atoms with E-state index >= 15 is 0 Å². The summed E-state index contributed by atoms with van der Waals surface area (Å²) in [5.74, 6) is -0.583. The molecule has 0 radical (unpaired) electrons. The van der Waals surface area contributed by atoms with Crippen molar-refractivity contribution >= 4 is 44.8 Å². The summed E-state index contributed by atoms with van der Waals surface area (Å²) in [4.78, 5) is 14.4. The molecule has 1 N–H and O–H groups in total. The second-order valence-corrected chi connectivity index (χ2v) is 9.85. The van der Waals surface area contributed by atoms with Gasteiger partial charge in [0.05, 0.1) is 16.3 Å². The van der Waals surface area contributed by atoms with Crippen LogP contribution in [0.3, 0.4) is 0 Å². The molecule has 1 amide bonds. The van der Waals surface area contributed by atoms with Gasteiger partial charge in [0.15, 0.2) is 0 Å². The number of hydrogen-bond donors (Lipinski definition) is 1. The summed E-state index contributed by atoms with van der Waals surface area (Å²) in [5.41, 5.74) is 2.54. The molecule has 0 atom stereocenters. The third kappa shape index (κ3) is 5.63. The van der Waals surface area contributed by atoms with Crippen LogP contribution in [-0.2, 0) is 10.0 Å². The van der Waals surface area contributed by atoms with Crippen molar-refractivity contribution in [3.8, 4) is 0 Å². The van der Waals surface area contributed by atoms with Crippen LogP contribution in [0.5, 0.6) is 0 Å². The lowest BCUT2D eigenvalue weighted by atomic mass is 10.2. The van der Waals surface area contributed by atoms with Crippen molar-refractivity contribution in [2.75, 3.05) is 43.4 Å². The normalized spacial score (nSPS) is 15.3. The first-order valence-corrected chi connectivity index (χ1v) is 11.7. The Bertz CT molecular complexity index is 990. The Morgan fingerprint density at radius 3 is 2.45 bits per heavy atom. The molecule has 2 aromatic rings. The van der Waals surface area contributed by atoms with Gasteiger partial charge in [-0.3, -0.25) is 4.79 Å². The molecule has 0 aromatic heterocycles. The minimum atomic E-state index is -3.45. The first-order valence-electron chi connectivity index (χ1n) is 9.29. The fourth-order valence-electron chi connectivity index (χ4n) is 3.24. The van der Waals surface area contributed by atoms with Gasteiger partial charge in [-0.15, -0.1) is 0 Å². The van der Waals surface area contributed by atoms with E-state index in [-0.39, 0.29) is 22.9 Å². The quantitative estimate of drug-likeness (QED) is 0.725. The maximum Gasteiger partial charge on any atom is 0.252 e. The van der Waals surface area contributed by atoms with Gasteiger partial charge in [-0.2, -0.15) is 4.31 Å². The highest BCUT2D eigenvalue weighted by Crippen LogP contribution is 2.21. The fourth-order valence-corrected chi connectivity index (χ4v) is 5.07. The lowest BCUT2D eigenvalue weighted by Gasteiger charge is -2.35. The molecule has 0 aliphatic carbocycles. The summed E-state index contributed by atoms with van der Waals surface area (Å²) >= 11 is 11.8. The van der Waals surface area contributed by atoms with Gasteiger partial charge in [-0.05, 0) is 42.8 Å². The van der Waals surface area contributed by atoms with Crippen molar-refractivity contribution in [2.24, 2.45) is 0 Å². The van der Waals surface area contributed by atoms with Gasteiger partial charge in [0.1, 0.15) is 0 Å². The number of anilines is 1. The van der Waals surface area contributed by atoms with Crippen LogP contribution in [0, 0.1) is 6.92 Å². The van der Waals surface area contributed by atoms with Crippen molar-refractivity contribution in [1.82, 2.24) is 9.62 Å². The molecule has 0 bridgehead atoms. The molecule has 0 spiro atoms. The summed E-state index contributed by atoms with van der Waals surface area (Å²) in [6, 6.07) is 12.7. The number of nitrogens with one attached hydrogen (secondary N) is 1. The van der Waals surface area contributed by atoms with Crippen LogP contribution in [0.2, 0.25) is 10.0 Å². The zero-order chi connectivity index (χ0) is 21.0. The Balaban J connectivity index is 1.51. The number of piperazine rings is 1. The van der Waals surface area contributed by atoms with Gasteiger partial charge < -0.3 is 10.2 Å². The minimum absolute atomic E-state index is 0.0121. The van der Waals surface area contributed by atoms with Gasteiger partial charge in [-0.25, -0.2) is 8.42 Å². The SMILES string of the molecule is Cc1cccc(N2CCN(S(=O)(=O)CCNC(=O)c3ccc(Cl)cc3Cl)CC2)c1. The average Bonchev–Trinajstić information content (AvgIpc) is 2.68. The van der Waals surface area contributed by atoms with Crippen molar-refractivity contribution in [3.63, 3.8) is 0 Å². The number of benzene rings is 2. The number of carbonyl (C=O) groups is 1. The van der Waals surface area contributed by atoms with Gasteiger partial charge in [0.2, 0.25) is 10.0 Å². The van der Waals surface area contributed by atoms with Crippen LogP contribution in [0.4, 0.5) is 5.69 Å². The standard InChI is InChI=1S/C20H23Cl2N3O3S/c1-15-3-2-4-17(13-15)24-8-10-25(11-9-24)29(27,28)12-7-23-20(26)18-6-5-16(21)14-19(18)22/h2-6,13-14H,7-12H2,1H3,(H,23,26). The van der Waals surface area contributed by atoms with E-state index in [9.17, 15) is 13.2 Å². The Morgan fingerprint density at radius 1 is 1.07 bits per heavy atom. The Labute approximate surface area is 181 Å². The van der Waals surface area contributed by atoms with Gasteiger partial charge >= 0.3 is 0 Å². The molecule has 1 heterocycles. The van der Waals surface area contributed by atoms with Crippen molar-refractivity contribution in [3.05, 3.63) is 63.6 Å². The summed E-state index contributed by atoms with van der Waals surface area (Å²) < 4.78 is 26.7. The van der Waals surface area contributed by atoms with Crippen LogP contribution in [0.1, 0.15) is 15.9 Å². The van der Waals surface area contributed by atoms with Gasteiger partial charge in [0.25, 0.3) is 5.91 Å². The molecule has 156 valence electrons. The number of carbonyl (C=O) groups excluding carboxylic acids is 1. The molecule has 3 rings (SSSR count). The van der Waals surface area contributed by atoms with E-state index in [2.05, 4.69) is 16.3 Å². The maximum absolute atomic E-state index is 12.6. The lowest BCUT2D eigenvalue weighted by Crippen LogP contribution is -2.50. The van der Waals surface area contributed by atoms with Crippen LogP contribution in [0.25, 0.3) is 0 Å². The molecule has 6 nitrogen and oxygen atoms in total. The summed E-state index contributed by atoms with van der Waals surface area (Å²) in [6.07, 6.45) is 0. The van der Waals surface area contributed by atoms with Crippen molar-refractivity contribution in [1.29, 1.82) is 0 Å². The first kappa shape index (κ1) is 21.9. The second-order valence-electron chi connectivity index (χ2n) is 6.92. The highest BCUT2D eigenvalue weighted by Gasteiger charge is 2.27.